The fourth-order valence-electron chi connectivity index (χ4n) is 2.88. The Labute approximate surface area is 139 Å². The van der Waals surface area contributed by atoms with E-state index >= 15 is 0 Å². The van der Waals surface area contributed by atoms with E-state index in [1.807, 2.05) is 4.90 Å². The SMILES string of the molecule is O=C(NCCNc1ccc([N+](=O)[O-])cc1)C1CC(=O)N(C2CC2)C1. The molecule has 2 aliphatic rings. The fraction of sp³-hybridized carbons (Fsp3) is 0.500. The van der Waals surface area contributed by atoms with Crippen LogP contribution >= 0.6 is 0 Å². The molecule has 0 aromatic heterocycles. The molecule has 1 aliphatic heterocycles. The van der Waals surface area contributed by atoms with Crippen LogP contribution in [0, 0.1) is 16.0 Å². The van der Waals surface area contributed by atoms with Gasteiger partial charge < -0.3 is 15.5 Å². The maximum Gasteiger partial charge on any atom is 0.269 e. The Balaban J connectivity index is 1.38. The van der Waals surface area contributed by atoms with Crippen LogP contribution in [0.3, 0.4) is 0 Å². The summed E-state index contributed by atoms with van der Waals surface area (Å²) in [6, 6.07) is 6.47. The highest BCUT2D eigenvalue weighted by atomic mass is 16.6. The van der Waals surface area contributed by atoms with Gasteiger partial charge in [0.15, 0.2) is 0 Å². The molecule has 1 saturated carbocycles. The number of hydrogen-bond acceptors (Lipinski definition) is 5. The topological polar surface area (TPSA) is 105 Å². The molecule has 2 amide bonds. The van der Waals surface area contributed by atoms with E-state index < -0.39 is 4.92 Å². The van der Waals surface area contributed by atoms with E-state index in [-0.39, 0.29) is 23.4 Å². The van der Waals surface area contributed by atoms with Crippen LogP contribution < -0.4 is 10.6 Å². The van der Waals surface area contributed by atoms with Gasteiger partial charge in [0.05, 0.1) is 10.8 Å². The van der Waals surface area contributed by atoms with Crippen molar-refractivity contribution < 1.29 is 14.5 Å². The Bertz CT molecular complexity index is 642. The molecule has 1 unspecified atom stereocenters. The maximum atomic E-state index is 12.1. The average molecular weight is 332 g/mol. The number of carbonyl (C=O) groups is 2. The fourth-order valence-corrected chi connectivity index (χ4v) is 2.88. The van der Waals surface area contributed by atoms with Gasteiger partial charge >= 0.3 is 0 Å². The third-order valence-corrected chi connectivity index (χ3v) is 4.35. The summed E-state index contributed by atoms with van der Waals surface area (Å²) in [5.74, 6) is -0.254. The standard InChI is InChI=1S/C16H20N4O4/c21-15-9-11(10-19(15)13-5-6-13)16(22)18-8-7-17-12-1-3-14(4-2-12)20(23)24/h1-4,11,13,17H,5-10H2,(H,18,22). The van der Waals surface area contributed by atoms with Crippen molar-refractivity contribution in [3.05, 3.63) is 34.4 Å². The monoisotopic (exact) mass is 332 g/mol. The van der Waals surface area contributed by atoms with Crippen LogP contribution in [0.4, 0.5) is 11.4 Å². The van der Waals surface area contributed by atoms with Gasteiger partial charge in [0.2, 0.25) is 11.8 Å². The van der Waals surface area contributed by atoms with Crippen LogP contribution in [0.25, 0.3) is 0 Å². The lowest BCUT2D eigenvalue weighted by Gasteiger charge is -2.15. The van der Waals surface area contributed by atoms with Crippen LogP contribution in [0.2, 0.25) is 0 Å². The molecule has 0 spiro atoms. The van der Waals surface area contributed by atoms with Crippen LogP contribution in [-0.2, 0) is 9.59 Å². The first-order valence-electron chi connectivity index (χ1n) is 8.10. The second kappa shape index (κ2) is 6.86. The molecule has 1 atom stereocenters. The van der Waals surface area contributed by atoms with Gasteiger partial charge in [-0.1, -0.05) is 0 Å². The van der Waals surface area contributed by atoms with Crippen molar-refractivity contribution in [2.45, 2.75) is 25.3 Å². The molecule has 8 heteroatoms. The van der Waals surface area contributed by atoms with Gasteiger partial charge in [-0.3, -0.25) is 19.7 Å². The van der Waals surface area contributed by atoms with Crippen molar-refractivity contribution in [2.24, 2.45) is 5.92 Å². The molecule has 8 nitrogen and oxygen atoms in total. The number of non-ortho nitro benzene ring substituents is 1. The third-order valence-electron chi connectivity index (χ3n) is 4.35. The molecule has 0 bridgehead atoms. The van der Waals surface area contributed by atoms with Crippen molar-refractivity contribution in [3.63, 3.8) is 0 Å². The quantitative estimate of drug-likeness (QED) is 0.442. The number of nitrogens with one attached hydrogen (secondary N) is 2. The molecule has 3 rings (SSSR count). The summed E-state index contributed by atoms with van der Waals surface area (Å²) in [5, 5.41) is 16.5. The average Bonchev–Trinajstić information content (AvgIpc) is 3.34. The van der Waals surface area contributed by atoms with Gasteiger partial charge in [-0.05, 0) is 25.0 Å². The van der Waals surface area contributed by atoms with Crippen molar-refractivity contribution in [1.29, 1.82) is 0 Å². The Morgan fingerprint density at radius 1 is 1.25 bits per heavy atom. The molecular formula is C16H20N4O4. The van der Waals surface area contributed by atoms with Gasteiger partial charge in [0.1, 0.15) is 0 Å². The number of nitrogens with zero attached hydrogens (tertiary/aromatic N) is 2. The van der Waals surface area contributed by atoms with Crippen molar-refractivity contribution in [2.75, 3.05) is 25.0 Å². The first kappa shape index (κ1) is 16.2. The zero-order chi connectivity index (χ0) is 17.1. The van der Waals surface area contributed by atoms with Crippen molar-refractivity contribution in [3.8, 4) is 0 Å². The molecule has 128 valence electrons. The molecule has 2 fully saturated rings. The second-order valence-corrected chi connectivity index (χ2v) is 6.20. The summed E-state index contributed by atoms with van der Waals surface area (Å²) in [5.41, 5.74) is 0.797. The van der Waals surface area contributed by atoms with E-state index in [9.17, 15) is 19.7 Å². The summed E-state index contributed by atoms with van der Waals surface area (Å²) in [6.07, 6.45) is 2.41. The zero-order valence-corrected chi connectivity index (χ0v) is 13.2. The minimum Gasteiger partial charge on any atom is -0.383 e. The lowest BCUT2D eigenvalue weighted by atomic mass is 10.1. The van der Waals surface area contributed by atoms with Crippen LogP contribution in [0.5, 0.6) is 0 Å². The number of rotatable bonds is 7. The van der Waals surface area contributed by atoms with E-state index in [1.165, 1.54) is 12.1 Å². The molecule has 1 saturated heterocycles. The first-order valence-corrected chi connectivity index (χ1v) is 8.10. The molecule has 24 heavy (non-hydrogen) atoms. The van der Waals surface area contributed by atoms with Crippen molar-refractivity contribution in [1.82, 2.24) is 10.2 Å². The molecule has 1 heterocycles. The van der Waals surface area contributed by atoms with Gasteiger partial charge in [-0.25, -0.2) is 0 Å². The Hall–Kier alpha value is -2.64. The smallest absolute Gasteiger partial charge is 0.269 e. The molecule has 1 aromatic rings. The van der Waals surface area contributed by atoms with Crippen molar-refractivity contribution >= 4 is 23.2 Å². The van der Waals surface area contributed by atoms with Gasteiger partial charge in [0, 0.05) is 49.9 Å². The summed E-state index contributed by atoms with van der Waals surface area (Å²) in [6.45, 7) is 1.48. The van der Waals surface area contributed by atoms with Gasteiger partial charge in [-0.2, -0.15) is 0 Å². The number of nitro benzene ring substituents is 1. The maximum absolute atomic E-state index is 12.1. The van der Waals surface area contributed by atoms with Crippen LogP contribution in [0.15, 0.2) is 24.3 Å². The van der Waals surface area contributed by atoms with Crippen LogP contribution in [0.1, 0.15) is 19.3 Å². The number of hydrogen-bond donors (Lipinski definition) is 2. The van der Waals surface area contributed by atoms with Crippen LogP contribution in [-0.4, -0.2) is 47.3 Å². The molecule has 2 N–H and O–H groups in total. The Kier molecular flexibility index (Phi) is 4.64. The number of carbonyl (C=O) groups excluding carboxylic acids is 2. The lowest BCUT2D eigenvalue weighted by molar-refractivity contribution is -0.384. The Morgan fingerprint density at radius 3 is 2.58 bits per heavy atom. The van der Waals surface area contributed by atoms with E-state index in [0.29, 0.717) is 32.1 Å². The van der Waals surface area contributed by atoms with E-state index in [2.05, 4.69) is 10.6 Å². The second-order valence-electron chi connectivity index (χ2n) is 6.20. The summed E-state index contributed by atoms with van der Waals surface area (Å²) < 4.78 is 0. The molecule has 0 radical (unpaired) electrons. The highest BCUT2D eigenvalue weighted by Gasteiger charge is 2.41. The summed E-state index contributed by atoms with van der Waals surface area (Å²) in [7, 11) is 0. The predicted molar refractivity (Wildman–Crippen MR) is 87.4 cm³/mol. The summed E-state index contributed by atoms with van der Waals surface area (Å²) >= 11 is 0. The summed E-state index contributed by atoms with van der Waals surface area (Å²) in [4.78, 5) is 35.9. The third kappa shape index (κ3) is 3.81. The highest BCUT2D eigenvalue weighted by molar-refractivity contribution is 5.89. The molecule has 1 aliphatic carbocycles. The first-order chi connectivity index (χ1) is 11.5. The van der Waals surface area contributed by atoms with E-state index in [4.69, 9.17) is 0 Å². The minimum absolute atomic E-state index is 0.0416. The highest BCUT2D eigenvalue weighted by Crippen LogP contribution is 2.32. The number of likely N-dealkylation sites (tertiary alicyclic amines) is 1. The molecule has 1 aromatic carbocycles. The van der Waals surface area contributed by atoms with E-state index in [1.54, 1.807) is 12.1 Å². The Morgan fingerprint density at radius 2 is 1.96 bits per heavy atom. The normalized spacial score (nSPS) is 20.1. The molecular weight excluding hydrogens is 312 g/mol. The van der Waals surface area contributed by atoms with E-state index in [0.717, 1.165) is 18.5 Å². The number of nitro groups is 1. The van der Waals surface area contributed by atoms with Gasteiger partial charge in [0.25, 0.3) is 5.69 Å². The number of benzene rings is 1. The van der Waals surface area contributed by atoms with Gasteiger partial charge in [-0.15, -0.1) is 0 Å². The predicted octanol–water partition coefficient (Wildman–Crippen LogP) is 1.13. The minimum atomic E-state index is -0.447. The lowest BCUT2D eigenvalue weighted by Crippen LogP contribution is -2.35. The number of amides is 2. The number of anilines is 1. The largest absolute Gasteiger partial charge is 0.383 e. The zero-order valence-electron chi connectivity index (χ0n) is 13.2.